The zero-order valence-electron chi connectivity index (χ0n) is 12.4. The Bertz CT molecular complexity index is 720. The van der Waals surface area contributed by atoms with Gasteiger partial charge in [-0.25, -0.2) is 4.58 Å². The second kappa shape index (κ2) is 7.34. The van der Waals surface area contributed by atoms with Gasteiger partial charge < -0.3 is 17.0 Å². The summed E-state index contributed by atoms with van der Waals surface area (Å²) in [7, 11) is 0. The molecule has 0 fully saturated rings. The van der Waals surface area contributed by atoms with Crippen molar-refractivity contribution in [2.75, 3.05) is 13.1 Å². The zero-order chi connectivity index (χ0) is 14.8. The van der Waals surface area contributed by atoms with E-state index in [-0.39, 0.29) is 22.8 Å². The summed E-state index contributed by atoms with van der Waals surface area (Å²) in [5.41, 5.74) is 4.61. The highest BCUT2D eigenvalue weighted by Crippen LogP contribution is 2.16. The average molecular weight is 423 g/mol. The first-order chi connectivity index (χ1) is 10.1. The molecule has 0 radical (unpaired) electrons. The Balaban J connectivity index is 0.00000176. The lowest BCUT2D eigenvalue weighted by Crippen LogP contribution is -3.00. The van der Waals surface area contributed by atoms with E-state index in [1.807, 2.05) is 24.3 Å². The first kappa shape index (κ1) is 17.1. The van der Waals surface area contributed by atoms with E-state index in [4.69, 9.17) is 0 Å². The maximum Gasteiger partial charge on any atom is 0.227 e. The van der Waals surface area contributed by atoms with Crippen molar-refractivity contribution in [2.45, 2.75) is 13.3 Å². The van der Waals surface area contributed by atoms with Crippen molar-refractivity contribution in [3.63, 3.8) is 0 Å². The van der Waals surface area contributed by atoms with E-state index >= 15 is 0 Å². The number of halogens is 2. The highest BCUT2D eigenvalue weighted by Gasteiger charge is 2.24. The topological polar surface area (TPSA) is 20.1 Å². The van der Waals surface area contributed by atoms with Gasteiger partial charge in [0.05, 0.1) is 0 Å². The molecule has 0 aliphatic carbocycles. The smallest absolute Gasteiger partial charge is 0.227 e. The van der Waals surface area contributed by atoms with Crippen LogP contribution in [0.25, 0.3) is 0 Å². The summed E-state index contributed by atoms with van der Waals surface area (Å²) in [6, 6.07) is 16.0. The van der Waals surface area contributed by atoms with E-state index < -0.39 is 0 Å². The predicted molar refractivity (Wildman–Crippen MR) is 88.4 cm³/mol. The molecule has 0 spiro atoms. The van der Waals surface area contributed by atoms with Crippen LogP contribution in [0.1, 0.15) is 28.4 Å². The number of rotatable bonds is 3. The minimum absolute atomic E-state index is 0. The Labute approximate surface area is 149 Å². The fourth-order valence-corrected chi connectivity index (χ4v) is 3.05. The molecule has 0 saturated carbocycles. The number of Topliss-reactive ketones (excluding diaryl/α,β-unsaturated/α-hetero) is 1. The van der Waals surface area contributed by atoms with Crippen LogP contribution in [-0.4, -0.2) is 29.2 Å². The van der Waals surface area contributed by atoms with Crippen molar-refractivity contribution in [3.05, 3.63) is 69.7 Å². The molecule has 1 aliphatic heterocycles. The van der Waals surface area contributed by atoms with Crippen molar-refractivity contribution in [1.29, 1.82) is 0 Å². The van der Waals surface area contributed by atoms with Gasteiger partial charge in [0.15, 0.2) is 5.71 Å². The first-order valence-corrected chi connectivity index (χ1v) is 7.90. The van der Waals surface area contributed by atoms with E-state index in [1.165, 1.54) is 16.8 Å². The van der Waals surface area contributed by atoms with E-state index in [1.54, 1.807) is 0 Å². The maximum absolute atomic E-state index is 12.4. The molecular weight excluding hydrogens is 406 g/mol. The molecule has 114 valence electrons. The highest BCUT2D eigenvalue weighted by atomic mass is 79.9. The molecule has 0 amide bonds. The average Bonchev–Trinajstić information content (AvgIpc) is 2.51. The zero-order valence-corrected chi connectivity index (χ0v) is 15.5. The molecule has 2 aromatic carbocycles. The molecule has 22 heavy (non-hydrogen) atoms. The van der Waals surface area contributed by atoms with Crippen LogP contribution in [0.5, 0.6) is 0 Å². The van der Waals surface area contributed by atoms with Crippen molar-refractivity contribution in [3.8, 4) is 0 Å². The quantitative estimate of drug-likeness (QED) is 0.527. The summed E-state index contributed by atoms with van der Waals surface area (Å²) >= 11 is 3.39. The van der Waals surface area contributed by atoms with Crippen LogP contribution in [0, 0.1) is 0 Å². The van der Waals surface area contributed by atoms with Crippen molar-refractivity contribution in [2.24, 2.45) is 0 Å². The number of benzene rings is 2. The Morgan fingerprint density at radius 2 is 1.82 bits per heavy atom. The molecule has 0 N–H and O–H groups in total. The lowest BCUT2D eigenvalue weighted by Gasteiger charge is -2.16. The Morgan fingerprint density at radius 1 is 1.14 bits per heavy atom. The summed E-state index contributed by atoms with van der Waals surface area (Å²) in [4.78, 5) is 12.4. The molecule has 1 aliphatic rings. The largest absolute Gasteiger partial charge is 1.00 e. The second-order valence-corrected chi connectivity index (χ2v) is 6.26. The van der Waals surface area contributed by atoms with Crippen LogP contribution >= 0.6 is 15.9 Å². The van der Waals surface area contributed by atoms with Crippen molar-refractivity contribution in [1.82, 2.24) is 0 Å². The fraction of sp³-hybridized carbons (Fsp3) is 0.222. The van der Waals surface area contributed by atoms with E-state index in [0.29, 0.717) is 6.54 Å². The molecule has 0 aromatic heterocycles. The second-order valence-electron chi connectivity index (χ2n) is 5.34. The van der Waals surface area contributed by atoms with E-state index in [9.17, 15) is 4.79 Å². The van der Waals surface area contributed by atoms with Gasteiger partial charge in [-0.15, -0.1) is 0 Å². The summed E-state index contributed by atoms with van der Waals surface area (Å²) in [5.74, 6) is 0.168. The van der Waals surface area contributed by atoms with E-state index in [0.717, 1.165) is 23.0 Å². The predicted octanol–water partition coefficient (Wildman–Crippen LogP) is 0.714. The van der Waals surface area contributed by atoms with Crippen LogP contribution in [-0.2, 0) is 6.42 Å². The monoisotopic (exact) mass is 421 g/mol. The van der Waals surface area contributed by atoms with Crippen LogP contribution in [0.3, 0.4) is 0 Å². The normalized spacial score (nSPS) is 13.4. The first-order valence-electron chi connectivity index (χ1n) is 7.10. The molecule has 3 rings (SSSR count). The molecular formula is C18H17Br2NO. The SMILES string of the molecule is CC1=[N+](CC(=O)c2ccc(Br)cc2)CCc2ccccc21.[Br-]. The summed E-state index contributed by atoms with van der Waals surface area (Å²) in [5, 5.41) is 0. The number of hydrogen-bond donors (Lipinski definition) is 0. The summed E-state index contributed by atoms with van der Waals surface area (Å²) < 4.78 is 3.18. The molecule has 4 heteroatoms. The molecule has 2 aromatic rings. The molecule has 0 saturated heterocycles. The van der Waals surface area contributed by atoms with Crippen LogP contribution < -0.4 is 17.0 Å². The number of nitrogens with zero attached hydrogens (tertiary/aromatic N) is 1. The van der Waals surface area contributed by atoms with Gasteiger partial charge in [-0.05, 0) is 23.8 Å². The molecule has 0 bridgehead atoms. The van der Waals surface area contributed by atoms with Crippen molar-refractivity contribution < 1.29 is 26.4 Å². The lowest BCUT2D eigenvalue weighted by atomic mass is 9.97. The minimum atomic E-state index is 0. The summed E-state index contributed by atoms with van der Waals surface area (Å²) in [6.07, 6.45) is 1.00. The maximum atomic E-state index is 12.4. The number of carbonyl (C=O) groups is 1. The lowest BCUT2D eigenvalue weighted by molar-refractivity contribution is -0.515. The van der Waals surface area contributed by atoms with Gasteiger partial charge >= 0.3 is 0 Å². The third-order valence-corrected chi connectivity index (χ3v) is 4.56. The highest BCUT2D eigenvalue weighted by molar-refractivity contribution is 9.10. The number of hydrogen-bond acceptors (Lipinski definition) is 1. The molecule has 0 unspecified atom stereocenters. The standard InChI is InChI=1S/C18H17BrNO.BrH/c1-13-17-5-3-2-4-14(17)10-11-20(13)12-18(21)15-6-8-16(19)9-7-15;/h2-9H,10-12H2,1H3;1H/q+1;/p-1. The molecule has 1 heterocycles. The van der Waals surface area contributed by atoms with Gasteiger partial charge in [0, 0.05) is 28.9 Å². The van der Waals surface area contributed by atoms with Gasteiger partial charge in [0.1, 0.15) is 6.54 Å². The van der Waals surface area contributed by atoms with Gasteiger partial charge in [-0.3, -0.25) is 4.79 Å². The third-order valence-electron chi connectivity index (χ3n) is 4.03. The van der Waals surface area contributed by atoms with Gasteiger partial charge in [0.25, 0.3) is 0 Å². The van der Waals surface area contributed by atoms with Gasteiger partial charge in [-0.2, -0.15) is 0 Å². The number of fused-ring (bicyclic) bond motifs is 1. The Kier molecular flexibility index (Phi) is 5.70. The Hall–Kier alpha value is -1.26. The fourth-order valence-electron chi connectivity index (χ4n) is 2.78. The molecule has 0 atom stereocenters. The third kappa shape index (κ3) is 3.55. The van der Waals surface area contributed by atoms with Crippen molar-refractivity contribution >= 4 is 27.4 Å². The number of carbonyl (C=O) groups excluding carboxylic acids is 1. The van der Waals surface area contributed by atoms with Crippen LogP contribution in [0.15, 0.2) is 53.0 Å². The van der Waals surface area contributed by atoms with E-state index in [2.05, 4.69) is 51.7 Å². The van der Waals surface area contributed by atoms with Crippen LogP contribution in [0.2, 0.25) is 0 Å². The number of ketones is 1. The molecule has 2 nitrogen and oxygen atoms in total. The summed E-state index contributed by atoms with van der Waals surface area (Å²) in [6.45, 7) is 3.46. The van der Waals surface area contributed by atoms with Gasteiger partial charge in [0.2, 0.25) is 12.3 Å². The Morgan fingerprint density at radius 3 is 2.55 bits per heavy atom. The van der Waals surface area contributed by atoms with Crippen LogP contribution in [0.4, 0.5) is 0 Å². The minimum Gasteiger partial charge on any atom is -1.00 e. The van der Waals surface area contributed by atoms with Gasteiger partial charge in [-0.1, -0.05) is 46.3 Å².